The van der Waals surface area contributed by atoms with Gasteiger partial charge in [0.15, 0.2) is 15.6 Å². The molecule has 6 heteroatoms. The molecule has 0 fully saturated rings. The predicted molar refractivity (Wildman–Crippen MR) is 101 cm³/mol. The van der Waals surface area contributed by atoms with Gasteiger partial charge in [-0.25, -0.2) is 4.98 Å². The third-order valence-electron chi connectivity index (χ3n) is 3.91. The van der Waals surface area contributed by atoms with E-state index >= 15 is 0 Å². The Kier molecular flexibility index (Phi) is 5.16. The van der Waals surface area contributed by atoms with Crippen LogP contribution in [0.2, 0.25) is 0 Å². The molecular weight excluding hydrogens is 388 g/mol. The van der Waals surface area contributed by atoms with Crippen LogP contribution in [0.1, 0.15) is 42.3 Å². The average molecular weight is 405 g/mol. The lowest BCUT2D eigenvalue weighted by molar-refractivity contribution is 0.0995. The summed E-state index contributed by atoms with van der Waals surface area (Å²) in [5.74, 6) is 0.488. The first-order chi connectivity index (χ1) is 11.6. The van der Waals surface area contributed by atoms with Crippen molar-refractivity contribution in [3.63, 3.8) is 0 Å². The number of furan rings is 1. The number of benzene rings is 1. The highest BCUT2D eigenvalue weighted by Crippen LogP contribution is 2.27. The number of rotatable bonds is 5. The summed E-state index contributed by atoms with van der Waals surface area (Å²) in [4.78, 5) is 16.5. The summed E-state index contributed by atoms with van der Waals surface area (Å²) in [5.41, 5.74) is 3.22. The molecule has 2 heterocycles. The molecule has 3 rings (SSSR count). The van der Waals surface area contributed by atoms with Crippen LogP contribution in [0.5, 0.6) is 0 Å². The number of halogens is 1. The fraction of sp³-hybridized carbons (Fsp3) is 0.222. The first kappa shape index (κ1) is 16.9. The van der Waals surface area contributed by atoms with Crippen LogP contribution in [0.15, 0.2) is 50.9 Å². The fourth-order valence-electron chi connectivity index (χ4n) is 2.28. The van der Waals surface area contributed by atoms with Crippen molar-refractivity contribution in [3.8, 4) is 11.3 Å². The van der Waals surface area contributed by atoms with E-state index in [1.54, 1.807) is 12.1 Å². The molecule has 1 unspecified atom stereocenters. The quantitative estimate of drug-likeness (QED) is 0.572. The van der Waals surface area contributed by atoms with Gasteiger partial charge in [-0.15, -0.1) is 11.3 Å². The number of nitrogens with one attached hydrogen (secondary N) is 1. The van der Waals surface area contributed by atoms with E-state index in [0.717, 1.165) is 17.7 Å². The van der Waals surface area contributed by atoms with Crippen LogP contribution >= 0.6 is 27.3 Å². The Bertz CT molecular complexity index is 839. The Morgan fingerprint density at radius 1 is 1.29 bits per heavy atom. The van der Waals surface area contributed by atoms with E-state index in [2.05, 4.69) is 64.3 Å². The standard InChI is InChI=1S/C18H17BrN2O2S/c1-3-11(2)12-4-6-13(7-5-12)14-10-24-18(20-14)21-17(22)15-8-9-16(19)23-15/h4-11H,3H2,1-2H3,(H,20,21,22). The maximum atomic E-state index is 12.1. The third kappa shape index (κ3) is 3.76. The highest BCUT2D eigenvalue weighted by molar-refractivity contribution is 9.10. The molecule has 124 valence electrons. The molecule has 0 aliphatic rings. The van der Waals surface area contributed by atoms with E-state index in [1.165, 1.54) is 16.9 Å². The lowest BCUT2D eigenvalue weighted by Crippen LogP contribution is -2.10. The Morgan fingerprint density at radius 2 is 2.04 bits per heavy atom. The highest BCUT2D eigenvalue weighted by Gasteiger charge is 2.13. The second-order valence-corrected chi connectivity index (χ2v) is 7.17. The van der Waals surface area contributed by atoms with Gasteiger partial charge in [-0.2, -0.15) is 0 Å². The maximum absolute atomic E-state index is 12.1. The van der Waals surface area contributed by atoms with Gasteiger partial charge in [-0.1, -0.05) is 38.1 Å². The van der Waals surface area contributed by atoms with Crippen molar-refractivity contribution in [3.05, 3.63) is 57.8 Å². The molecule has 4 nitrogen and oxygen atoms in total. The average Bonchev–Trinajstić information content (AvgIpc) is 3.23. The van der Waals surface area contributed by atoms with Crippen molar-refractivity contribution in [1.29, 1.82) is 0 Å². The molecule has 1 aromatic carbocycles. The summed E-state index contributed by atoms with van der Waals surface area (Å²) in [6.07, 6.45) is 1.12. The molecule has 1 atom stereocenters. The second kappa shape index (κ2) is 7.32. The summed E-state index contributed by atoms with van der Waals surface area (Å²) in [5, 5.41) is 5.24. The molecule has 0 saturated heterocycles. The van der Waals surface area contributed by atoms with E-state index in [-0.39, 0.29) is 11.7 Å². The summed E-state index contributed by atoms with van der Waals surface area (Å²) in [6.45, 7) is 4.41. The zero-order valence-corrected chi connectivity index (χ0v) is 15.8. The van der Waals surface area contributed by atoms with Gasteiger partial charge in [0, 0.05) is 10.9 Å². The van der Waals surface area contributed by atoms with E-state index in [4.69, 9.17) is 4.42 Å². The van der Waals surface area contributed by atoms with E-state index in [0.29, 0.717) is 15.7 Å². The zero-order chi connectivity index (χ0) is 17.1. The SMILES string of the molecule is CCC(C)c1ccc(-c2csc(NC(=O)c3ccc(Br)o3)n2)cc1. The molecule has 2 aromatic heterocycles. The minimum atomic E-state index is -0.311. The summed E-state index contributed by atoms with van der Waals surface area (Å²) in [6, 6.07) is 11.7. The highest BCUT2D eigenvalue weighted by atomic mass is 79.9. The number of hydrogen-bond acceptors (Lipinski definition) is 4. The van der Waals surface area contributed by atoms with E-state index in [9.17, 15) is 4.79 Å². The van der Waals surface area contributed by atoms with Crippen molar-refractivity contribution < 1.29 is 9.21 Å². The molecule has 0 bridgehead atoms. The minimum Gasteiger partial charge on any atom is -0.444 e. The number of nitrogens with zero attached hydrogens (tertiary/aromatic N) is 1. The van der Waals surface area contributed by atoms with Crippen LogP contribution in [0, 0.1) is 0 Å². The lowest BCUT2D eigenvalue weighted by atomic mass is 9.97. The lowest BCUT2D eigenvalue weighted by Gasteiger charge is -2.08. The molecule has 24 heavy (non-hydrogen) atoms. The maximum Gasteiger partial charge on any atom is 0.293 e. The Morgan fingerprint density at radius 3 is 2.67 bits per heavy atom. The number of aromatic nitrogens is 1. The molecule has 3 aromatic rings. The summed E-state index contributed by atoms with van der Waals surface area (Å²) >= 11 is 4.57. The van der Waals surface area contributed by atoms with Crippen LogP contribution in [-0.2, 0) is 0 Å². The van der Waals surface area contributed by atoms with Gasteiger partial charge in [0.1, 0.15) is 0 Å². The van der Waals surface area contributed by atoms with Gasteiger partial charge in [0.05, 0.1) is 5.69 Å². The van der Waals surface area contributed by atoms with Crippen LogP contribution in [0.25, 0.3) is 11.3 Å². The van der Waals surface area contributed by atoms with Gasteiger partial charge in [-0.3, -0.25) is 10.1 Å². The van der Waals surface area contributed by atoms with Gasteiger partial charge < -0.3 is 4.42 Å². The number of anilines is 1. The number of carbonyl (C=O) groups excluding carboxylic acids is 1. The van der Waals surface area contributed by atoms with Crippen LogP contribution in [0.4, 0.5) is 5.13 Å². The molecule has 0 radical (unpaired) electrons. The van der Waals surface area contributed by atoms with Crippen molar-refractivity contribution in [1.82, 2.24) is 4.98 Å². The molecular formula is C18H17BrN2O2S. The molecule has 0 saturated carbocycles. The zero-order valence-electron chi connectivity index (χ0n) is 13.4. The van der Waals surface area contributed by atoms with E-state index in [1.807, 2.05) is 5.38 Å². The van der Waals surface area contributed by atoms with Crippen LogP contribution in [-0.4, -0.2) is 10.9 Å². The number of hydrogen-bond donors (Lipinski definition) is 1. The van der Waals surface area contributed by atoms with Crippen molar-refractivity contribution in [2.24, 2.45) is 0 Å². The molecule has 1 amide bonds. The number of amides is 1. The van der Waals surface area contributed by atoms with Gasteiger partial charge in [-0.05, 0) is 46.0 Å². The fourth-order valence-corrected chi connectivity index (χ4v) is 3.30. The topological polar surface area (TPSA) is 55.1 Å². The first-order valence-electron chi connectivity index (χ1n) is 7.69. The Labute approximate surface area is 153 Å². The molecule has 0 aliphatic carbocycles. The van der Waals surface area contributed by atoms with Crippen molar-refractivity contribution in [2.75, 3.05) is 5.32 Å². The summed E-state index contributed by atoms with van der Waals surface area (Å²) in [7, 11) is 0. The largest absolute Gasteiger partial charge is 0.444 e. The van der Waals surface area contributed by atoms with Crippen LogP contribution < -0.4 is 5.32 Å². The predicted octanol–water partition coefficient (Wildman–Crippen LogP) is 5.93. The van der Waals surface area contributed by atoms with Crippen molar-refractivity contribution in [2.45, 2.75) is 26.2 Å². The Balaban J connectivity index is 1.72. The monoisotopic (exact) mass is 404 g/mol. The normalized spacial score (nSPS) is 12.1. The molecule has 1 N–H and O–H groups in total. The number of carbonyl (C=O) groups is 1. The second-order valence-electron chi connectivity index (χ2n) is 5.53. The van der Waals surface area contributed by atoms with E-state index < -0.39 is 0 Å². The molecule has 0 aliphatic heterocycles. The Hall–Kier alpha value is -1.92. The smallest absolute Gasteiger partial charge is 0.293 e. The summed E-state index contributed by atoms with van der Waals surface area (Å²) < 4.78 is 5.76. The number of thiazole rings is 1. The van der Waals surface area contributed by atoms with Gasteiger partial charge in [0.25, 0.3) is 5.91 Å². The minimum absolute atomic E-state index is 0.247. The first-order valence-corrected chi connectivity index (χ1v) is 9.36. The third-order valence-corrected chi connectivity index (χ3v) is 5.09. The molecule has 0 spiro atoms. The van der Waals surface area contributed by atoms with Crippen molar-refractivity contribution >= 4 is 38.3 Å². The van der Waals surface area contributed by atoms with Gasteiger partial charge >= 0.3 is 0 Å². The van der Waals surface area contributed by atoms with Gasteiger partial charge in [0.2, 0.25) is 0 Å². The van der Waals surface area contributed by atoms with Crippen LogP contribution in [0.3, 0.4) is 0 Å².